The fourth-order valence-corrected chi connectivity index (χ4v) is 3.15. The van der Waals surface area contributed by atoms with Crippen molar-refractivity contribution in [2.24, 2.45) is 5.92 Å². The van der Waals surface area contributed by atoms with Gasteiger partial charge in [-0.25, -0.2) is 0 Å². The molecule has 0 fully saturated rings. The quantitative estimate of drug-likeness (QED) is 0.573. The zero-order chi connectivity index (χ0) is 16.7. The average Bonchev–Trinajstić information content (AvgIpc) is 3.02. The summed E-state index contributed by atoms with van der Waals surface area (Å²) in [4.78, 5) is 25.1. The molecule has 0 aliphatic rings. The van der Waals surface area contributed by atoms with Crippen LogP contribution >= 0.6 is 11.3 Å². The summed E-state index contributed by atoms with van der Waals surface area (Å²) >= 11 is 1.59. The van der Waals surface area contributed by atoms with Gasteiger partial charge in [-0.05, 0) is 42.8 Å². The van der Waals surface area contributed by atoms with Crippen LogP contribution in [0, 0.1) is 5.92 Å². The molecule has 0 saturated carbocycles. The van der Waals surface area contributed by atoms with Gasteiger partial charge in [0.2, 0.25) is 0 Å². The van der Waals surface area contributed by atoms with Gasteiger partial charge in [0.1, 0.15) is 0 Å². The van der Waals surface area contributed by atoms with Gasteiger partial charge in [-0.2, -0.15) is 0 Å². The highest BCUT2D eigenvalue weighted by Crippen LogP contribution is 2.28. The van der Waals surface area contributed by atoms with Crippen LogP contribution in [0.25, 0.3) is 10.4 Å². The summed E-state index contributed by atoms with van der Waals surface area (Å²) in [5, 5.41) is 1.97. The zero-order valence-corrected chi connectivity index (χ0v) is 14.1. The number of hydrogen-bond acceptors (Lipinski definition) is 5. The minimum atomic E-state index is -0.909. The fraction of sp³-hybridized carbons (Fsp3) is 0.333. The first-order chi connectivity index (χ1) is 11.2. The van der Waals surface area contributed by atoms with E-state index >= 15 is 0 Å². The van der Waals surface area contributed by atoms with E-state index in [4.69, 9.17) is 9.47 Å². The Balaban J connectivity index is 2.15. The Bertz CT molecular complexity index is 630. The van der Waals surface area contributed by atoms with Crippen molar-refractivity contribution >= 4 is 23.3 Å². The van der Waals surface area contributed by atoms with Crippen molar-refractivity contribution in [1.29, 1.82) is 0 Å². The maximum Gasteiger partial charge on any atom is 0.320 e. The maximum atomic E-state index is 12.0. The number of thiophene rings is 1. The van der Waals surface area contributed by atoms with E-state index in [2.05, 4.69) is 0 Å². The highest BCUT2D eigenvalue weighted by atomic mass is 32.1. The molecule has 5 heteroatoms. The Morgan fingerprint density at radius 2 is 1.65 bits per heavy atom. The molecular formula is C18H20O4S. The topological polar surface area (TPSA) is 52.6 Å². The summed E-state index contributed by atoms with van der Waals surface area (Å²) in [5.74, 6) is -1.97. The second kappa shape index (κ2) is 8.48. The number of hydrogen-bond donors (Lipinski definition) is 0. The van der Waals surface area contributed by atoms with Gasteiger partial charge in [0, 0.05) is 4.88 Å². The van der Waals surface area contributed by atoms with E-state index < -0.39 is 17.9 Å². The molecule has 0 saturated heterocycles. The lowest BCUT2D eigenvalue weighted by Crippen LogP contribution is -2.29. The highest BCUT2D eigenvalue weighted by Gasteiger charge is 2.30. The summed E-state index contributed by atoms with van der Waals surface area (Å²) in [5.41, 5.74) is 2.05. The molecule has 0 bridgehead atoms. The van der Waals surface area contributed by atoms with Gasteiger partial charge in [0.05, 0.1) is 13.2 Å². The van der Waals surface area contributed by atoms with Gasteiger partial charge in [0.15, 0.2) is 5.92 Å². The third kappa shape index (κ3) is 4.66. The monoisotopic (exact) mass is 332 g/mol. The van der Waals surface area contributed by atoms with E-state index in [1.54, 1.807) is 25.2 Å². The van der Waals surface area contributed by atoms with Crippen molar-refractivity contribution < 1.29 is 19.1 Å². The van der Waals surface area contributed by atoms with Gasteiger partial charge in [-0.1, -0.05) is 30.3 Å². The van der Waals surface area contributed by atoms with Gasteiger partial charge < -0.3 is 9.47 Å². The van der Waals surface area contributed by atoms with Crippen LogP contribution in [0.5, 0.6) is 0 Å². The molecular weight excluding hydrogens is 312 g/mol. The highest BCUT2D eigenvalue weighted by molar-refractivity contribution is 7.13. The maximum absolute atomic E-state index is 12.0. The predicted molar refractivity (Wildman–Crippen MR) is 90.2 cm³/mol. The first kappa shape index (κ1) is 17.2. The van der Waals surface area contributed by atoms with Crippen LogP contribution in [-0.2, 0) is 25.5 Å². The zero-order valence-electron chi connectivity index (χ0n) is 13.3. The lowest BCUT2D eigenvalue weighted by Gasteiger charge is -2.13. The third-order valence-corrected chi connectivity index (χ3v) is 4.32. The average molecular weight is 332 g/mol. The largest absolute Gasteiger partial charge is 0.465 e. The van der Waals surface area contributed by atoms with Crippen LogP contribution in [0.4, 0.5) is 0 Å². The van der Waals surface area contributed by atoms with E-state index in [1.165, 1.54) is 0 Å². The van der Waals surface area contributed by atoms with Crippen LogP contribution < -0.4 is 0 Å². The van der Waals surface area contributed by atoms with Gasteiger partial charge in [-0.3, -0.25) is 9.59 Å². The van der Waals surface area contributed by atoms with Crippen molar-refractivity contribution in [3.63, 3.8) is 0 Å². The molecule has 2 rings (SSSR count). The summed E-state index contributed by atoms with van der Waals surface area (Å²) in [7, 11) is 0. The van der Waals surface area contributed by atoms with Gasteiger partial charge >= 0.3 is 11.9 Å². The molecule has 2 aromatic rings. The summed E-state index contributed by atoms with van der Waals surface area (Å²) < 4.78 is 10.00. The summed E-state index contributed by atoms with van der Waals surface area (Å²) in [6, 6.07) is 12.0. The smallest absolute Gasteiger partial charge is 0.320 e. The van der Waals surface area contributed by atoms with E-state index in [1.807, 2.05) is 41.8 Å². The number of carbonyl (C=O) groups excluding carboxylic acids is 2. The molecule has 122 valence electrons. The molecule has 0 aliphatic carbocycles. The van der Waals surface area contributed by atoms with Crippen molar-refractivity contribution in [3.05, 3.63) is 47.3 Å². The molecule has 0 spiro atoms. The standard InChI is InChI=1S/C18H20O4S/c1-3-21-17(19)15(18(20)22-4-2)10-13-11-16(23-12-13)14-8-6-5-7-9-14/h5-9,11-12,15H,3-4,10H2,1-2H3. The summed E-state index contributed by atoms with van der Waals surface area (Å²) in [6.45, 7) is 3.93. The summed E-state index contributed by atoms with van der Waals surface area (Å²) in [6.07, 6.45) is 0.293. The number of benzene rings is 1. The van der Waals surface area contributed by atoms with Crippen molar-refractivity contribution in [1.82, 2.24) is 0 Å². The number of esters is 2. The fourth-order valence-electron chi connectivity index (χ4n) is 2.22. The van der Waals surface area contributed by atoms with E-state index in [-0.39, 0.29) is 13.2 Å². The van der Waals surface area contributed by atoms with Gasteiger partial charge in [0.25, 0.3) is 0 Å². The molecule has 0 N–H and O–H groups in total. The number of rotatable bonds is 7. The van der Waals surface area contributed by atoms with Crippen molar-refractivity contribution in [2.45, 2.75) is 20.3 Å². The van der Waals surface area contributed by atoms with E-state index in [0.717, 1.165) is 16.0 Å². The second-order valence-electron chi connectivity index (χ2n) is 4.95. The Morgan fingerprint density at radius 3 is 2.22 bits per heavy atom. The molecule has 1 aromatic carbocycles. The SMILES string of the molecule is CCOC(=O)C(Cc1csc(-c2ccccc2)c1)C(=O)OCC. The molecule has 23 heavy (non-hydrogen) atoms. The first-order valence-corrected chi connectivity index (χ1v) is 8.49. The molecule has 0 aliphatic heterocycles. The normalized spacial score (nSPS) is 10.6. The molecule has 0 amide bonds. The predicted octanol–water partition coefficient (Wildman–Crippen LogP) is 3.70. The molecule has 1 aromatic heterocycles. The van der Waals surface area contributed by atoms with Crippen LogP contribution in [0.1, 0.15) is 19.4 Å². The minimum absolute atomic E-state index is 0.244. The molecule has 0 unspecified atom stereocenters. The van der Waals surface area contributed by atoms with Crippen molar-refractivity contribution in [3.8, 4) is 10.4 Å². The lowest BCUT2D eigenvalue weighted by molar-refractivity contribution is -0.161. The number of carbonyl (C=O) groups is 2. The third-order valence-electron chi connectivity index (χ3n) is 3.29. The minimum Gasteiger partial charge on any atom is -0.465 e. The first-order valence-electron chi connectivity index (χ1n) is 7.61. The second-order valence-corrected chi connectivity index (χ2v) is 5.86. The molecule has 1 heterocycles. The van der Waals surface area contributed by atoms with Crippen LogP contribution in [-0.4, -0.2) is 25.2 Å². The van der Waals surface area contributed by atoms with Crippen molar-refractivity contribution in [2.75, 3.05) is 13.2 Å². The molecule has 0 atom stereocenters. The number of ether oxygens (including phenoxy) is 2. The lowest BCUT2D eigenvalue weighted by atomic mass is 10.0. The Labute approximate surface area is 140 Å². The van der Waals surface area contributed by atoms with Crippen LogP contribution in [0.2, 0.25) is 0 Å². The molecule has 4 nitrogen and oxygen atoms in total. The Hall–Kier alpha value is -2.14. The van der Waals surface area contributed by atoms with Gasteiger partial charge in [-0.15, -0.1) is 11.3 Å². The van der Waals surface area contributed by atoms with Crippen LogP contribution in [0.3, 0.4) is 0 Å². The Morgan fingerprint density at radius 1 is 1.04 bits per heavy atom. The van der Waals surface area contributed by atoms with E-state index in [0.29, 0.717) is 6.42 Å². The van der Waals surface area contributed by atoms with Crippen LogP contribution in [0.15, 0.2) is 41.8 Å². The van der Waals surface area contributed by atoms with E-state index in [9.17, 15) is 9.59 Å². The Kier molecular flexibility index (Phi) is 6.35. The molecule has 0 radical (unpaired) electrons.